The summed E-state index contributed by atoms with van der Waals surface area (Å²) in [6.07, 6.45) is 7.03. The van der Waals surface area contributed by atoms with Crippen LogP contribution in [0.1, 0.15) is 26.2 Å². The second-order valence-electron chi connectivity index (χ2n) is 3.39. The molecule has 1 aliphatic rings. The van der Waals surface area contributed by atoms with Gasteiger partial charge in [0.2, 0.25) is 0 Å². The number of amides is 1. The highest BCUT2D eigenvalue weighted by Crippen LogP contribution is 2.43. The Balaban J connectivity index is 2.58. The standard InChI is InChI=1S/C9H13NO2/c1-3-6-9(2,7-4-5-7)12-8(10)11/h1,7H,4-6H2,2H3,(H2,10,11). The van der Waals surface area contributed by atoms with E-state index < -0.39 is 11.7 Å². The van der Waals surface area contributed by atoms with Crippen molar-refractivity contribution in [2.24, 2.45) is 11.7 Å². The van der Waals surface area contributed by atoms with Crippen LogP contribution >= 0.6 is 0 Å². The number of hydrogen-bond acceptors (Lipinski definition) is 2. The van der Waals surface area contributed by atoms with Crippen molar-refractivity contribution in [2.45, 2.75) is 31.8 Å². The Hall–Kier alpha value is -1.17. The van der Waals surface area contributed by atoms with Crippen LogP contribution in [0.5, 0.6) is 0 Å². The van der Waals surface area contributed by atoms with Crippen LogP contribution in [0.4, 0.5) is 4.79 Å². The molecule has 66 valence electrons. The zero-order chi connectivity index (χ0) is 9.19. The smallest absolute Gasteiger partial charge is 0.405 e. The molecular formula is C9H13NO2. The van der Waals surface area contributed by atoms with Crippen LogP contribution in [0, 0.1) is 18.3 Å². The molecule has 1 atom stereocenters. The van der Waals surface area contributed by atoms with Crippen LogP contribution in [0.2, 0.25) is 0 Å². The van der Waals surface area contributed by atoms with E-state index in [1.54, 1.807) is 0 Å². The molecule has 1 fully saturated rings. The fourth-order valence-electron chi connectivity index (χ4n) is 1.39. The minimum atomic E-state index is -0.736. The van der Waals surface area contributed by atoms with Crippen LogP contribution in [0.25, 0.3) is 0 Å². The molecule has 0 bridgehead atoms. The van der Waals surface area contributed by atoms with E-state index in [4.69, 9.17) is 16.9 Å². The van der Waals surface area contributed by atoms with Gasteiger partial charge in [-0.1, -0.05) is 0 Å². The molecular weight excluding hydrogens is 154 g/mol. The van der Waals surface area contributed by atoms with Crippen LogP contribution in [0.15, 0.2) is 0 Å². The second-order valence-corrected chi connectivity index (χ2v) is 3.39. The number of terminal acetylenes is 1. The molecule has 0 aromatic rings. The first-order chi connectivity index (χ1) is 5.58. The molecule has 0 heterocycles. The normalized spacial score (nSPS) is 20.7. The molecule has 0 aromatic carbocycles. The van der Waals surface area contributed by atoms with Gasteiger partial charge in [-0.25, -0.2) is 4.79 Å². The Bertz CT molecular complexity index is 227. The van der Waals surface area contributed by atoms with Crippen molar-refractivity contribution >= 4 is 6.09 Å². The second kappa shape index (κ2) is 3.06. The van der Waals surface area contributed by atoms with E-state index in [-0.39, 0.29) is 0 Å². The maximum Gasteiger partial charge on any atom is 0.405 e. The number of rotatable bonds is 3. The van der Waals surface area contributed by atoms with Gasteiger partial charge in [-0.3, -0.25) is 0 Å². The predicted octanol–water partition coefficient (Wildman–Crippen LogP) is 1.27. The fourth-order valence-corrected chi connectivity index (χ4v) is 1.39. The topological polar surface area (TPSA) is 52.3 Å². The minimum absolute atomic E-state index is 0.404. The summed E-state index contributed by atoms with van der Waals surface area (Å²) < 4.78 is 5.00. The molecule has 0 aromatic heterocycles. The molecule has 0 aliphatic heterocycles. The highest BCUT2D eigenvalue weighted by molar-refractivity contribution is 5.65. The lowest BCUT2D eigenvalue weighted by atomic mass is 9.96. The average Bonchev–Trinajstić information content (AvgIpc) is 2.65. The van der Waals surface area contributed by atoms with Gasteiger partial charge in [0.05, 0.1) is 0 Å². The summed E-state index contributed by atoms with van der Waals surface area (Å²) >= 11 is 0. The third kappa shape index (κ3) is 1.91. The Morgan fingerprint density at radius 2 is 2.42 bits per heavy atom. The predicted molar refractivity (Wildman–Crippen MR) is 45.2 cm³/mol. The van der Waals surface area contributed by atoms with Gasteiger partial charge in [0.25, 0.3) is 0 Å². The Kier molecular flexibility index (Phi) is 2.27. The number of carbonyl (C=O) groups is 1. The summed E-state index contributed by atoms with van der Waals surface area (Å²) in [5.41, 5.74) is 4.42. The van der Waals surface area contributed by atoms with Crippen molar-refractivity contribution < 1.29 is 9.53 Å². The first-order valence-corrected chi connectivity index (χ1v) is 4.00. The van der Waals surface area contributed by atoms with Crippen molar-refractivity contribution in [3.63, 3.8) is 0 Å². The van der Waals surface area contributed by atoms with Crippen molar-refractivity contribution in [3.8, 4) is 12.3 Å². The van der Waals surface area contributed by atoms with Crippen molar-refractivity contribution in [3.05, 3.63) is 0 Å². The molecule has 0 radical (unpaired) electrons. The third-order valence-electron chi connectivity index (χ3n) is 2.23. The number of carbonyl (C=O) groups excluding carboxylic acids is 1. The number of primary amides is 1. The van der Waals surface area contributed by atoms with E-state index in [0.717, 1.165) is 12.8 Å². The molecule has 3 heteroatoms. The molecule has 12 heavy (non-hydrogen) atoms. The van der Waals surface area contributed by atoms with E-state index in [1.807, 2.05) is 6.92 Å². The minimum Gasteiger partial charge on any atom is -0.442 e. The lowest BCUT2D eigenvalue weighted by molar-refractivity contribution is 0.0175. The van der Waals surface area contributed by atoms with E-state index in [1.165, 1.54) is 0 Å². The molecule has 1 aliphatic carbocycles. The summed E-state index contributed by atoms with van der Waals surface area (Å²) in [6, 6.07) is 0. The Labute approximate surface area is 72.3 Å². The summed E-state index contributed by atoms with van der Waals surface area (Å²) in [5, 5.41) is 0. The summed E-state index contributed by atoms with van der Waals surface area (Å²) in [7, 11) is 0. The maximum atomic E-state index is 10.6. The quantitative estimate of drug-likeness (QED) is 0.643. The number of nitrogens with two attached hydrogens (primary N) is 1. The summed E-state index contributed by atoms with van der Waals surface area (Å²) in [5.74, 6) is 2.91. The van der Waals surface area contributed by atoms with Gasteiger partial charge >= 0.3 is 6.09 Å². The van der Waals surface area contributed by atoms with Crippen LogP contribution in [0.3, 0.4) is 0 Å². The highest BCUT2D eigenvalue weighted by atomic mass is 16.6. The third-order valence-corrected chi connectivity index (χ3v) is 2.23. The molecule has 2 N–H and O–H groups in total. The van der Waals surface area contributed by atoms with Crippen LogP contribution in [-0.4, -0.2) is 11.7 Å². The average molecular weight is 167 g/mol. The summed E-state index contributed by atoms with van der Waals surface area (Å²) in [6.45, 7) is 1.84. The first kappa shape index (κ1) is 8.92. The van der Waals surface area contributed by atoms with E-state index in [9.17, 15) is 4.79 Å². The highest BCUT2D eigenvalue weighted by Gasteiger charge is 2.43. The van der Waals surface area contributed by atoms with Crippen molar-refractivity contribution in [2.75, 3.05) is 0 Å². The van der Waals surface area contributed by atoms with E-state index >= 15 is 0 Å². The van der Waals surface area contributed by atoms with E-state index in [2.05, 4.69) is 5.92 Å². The van der Waals surface area contributed by atoms with Crippen LogP contribution in [-0.2, 0) is 4.74 Å². The van der Waals surface area contributed by atoms with Gasteiger partial charge in [-0.05, 0) is 25.7 Å². The van der Waals surface area contributed by atoms with Crippen LogP contribution < -0.4 is 5.73 Å². The fraction of sp³-hybridized carbons (Fsp3) is 0.667. The van der Waals surface area contributed by atoms with Gasteiger partial charge in [-0.2, -0.15) is 0 Å². The first-order valence-electron chi connectivity index (χ1n) is 4.00. The lowest BCUT2D eigenvalue weighted by Gasteiger charge is -2.26. The summed E-state index contributed by atoms with van der Waals surface area (Å²) in [4.78, 5) is 10.6. The molecule has 1 unspecified atom stereocenters. The zero-order valence-electron chi connectivity index (χ0n) is 7.17. The molecule has 3 nitrogen and oxygen atoms in total. The Morgan fingerprint density at radius 1 is 1.83 bits per heavy atom. The SMILES string of the molecule is C#CCC(C)(OC(N)=O)C1CC1. The van der Waals surface area contributed by atoms with E-state index in [0.29, 0.717) is 12.3 Å². The lowest BCUT2D eigenvalue weighted by Crippen LogP contribution is -2.36. The molecule has 0 saturated heterocycles. The van der Waals surface area contributed by atoms with Gasteiger partial charge in [0, 0.05) is 6.42 Å². The Morgan fingerprint density at radius 3 is 2.75 bits per heavy atom. The monoisotopic (exact) mass is 167 g/mol. The maximum absolute atomic E-state index is 10.6. The van der Waals surface area contributed by atoms with Gasteiger partial charge in [0.1, 0.15) is 5.60 Å². The van der Waals surface area contributed by atoms with Gasteiger partial charge in [0.15, 0.2) is 0 Å². The van der Waals surface area contributed by atoms with Crippen molar-refractivity contribution in [1.82, 2.24) is 0 Å². The molecule has 1 rings (SSSR count). The largest absolute Gasteiger partial charge is 0.442 e. The number of ether oxygens (including phenoxy) is 1. The molecule has 1 saturated carbocycles. The molecule has 1 amide bonds. The number of hydrogen-bond donors (Lipinski definition) is 1. The van der Waals surface area contributed by atoms with Crippen molar-refractivity contribution in [1.29, 1.82) is 0 Å². The van der Waals surface area contributed by atoms with Gasteiger partial charge < -0.3 is 10.5 Å². The molecule has 0 spiro atoms. The zero-order valence-corrected chi connectivity index (χ0v) is 7.17. The van der Waals surface area contributed by atoms with Gasteiger partial charge in [-0.15, -0.1) is 12.3 Å².